The summed E-state index contributed by atoms with van der Waals surface area (Å²) in [7, 11) is 0. The fourth-order valence-corrected chi connectivity index (χ4v) is 2.94. The molecule has 0 fully saturated rings. The van der Waals surface area contributed by atoms with Gasteiger partial charge in [0.1, 0.15) is 0 Å². The van der Waals surface area contributed by atoms with Gasteiger partial charge in [-0.25, -0.2) is 0 Å². The van der Waals surface area contributed by atoms with Gasteiger partial charge in [0.2, 0.25) is 5.91 Å². The number of hydrogen-bond donors (Lipinski definition) is 0. The van der Waals surface area contributed by atoms with Crippen molar-refractivity contribution in [3.8, 4) is 0 Å². The van der Waals surface area contributed by atoms with Crippen LogP contribution in [0.2, 0.25) is 0 Å². The minimum Gasteiger partial charge on any atom is -0.312 e. The largest absolute Gasteiger partial charge is 0.312 e. The quantitative estimate of drug-likeness (QED) is 0.612. The maximum atomic E-state index is 12.3. The maximum Gasteiger partial charge on any atom is 0.226 e. The summed E-state index contributed by atoms with van der Waals surface area (Å²) in [5, 5.41) is 0.979. The number of halogens is 1. The van der Waals surface area contributed by atoms with E-state index in [0.717, 1.165) is 36.8 Å². The van der Waals surface area contributed by atoms with Crippen molar-refractivity contribution in [3.05, 3.63) is 29.8 Å². The third-order valence-electron chi connectivity index (χ3n) is 3.42. The number of anilines is 1. The SMILES string of the molecule is CC1Cc2ccccc2N(C(=O)CCCCBr)C1. The lowest BCUT2D eigenvalue weighted by Crippen LogP contribution is -2.39. The standard InChI is InChI=1S/C15H20BrNO/c1-12-10-13-6-2-3-7-14(13)17(11-12)15(18)8-4-5-9-16/h2-3,6-7,12H,4-5,8-11H2,1H3. The van der Waals surface area contributed by atoms with Crippen LogP contribution < -0.4 is 4.90 Å². The molecule has 1 atom stereocenters. The molecule has 1 aliphatic heterocycles. The van der Waals surface area contributed by atoms with E-state index in [-0.39, 0.29) is 5.91 Å². The Balaban J connectivity index is 2.10. The van der Waals surface area contributed by atoms with Gasteiger partial charge in [-0.05, 0) is 36.8 Å². The number of rotatable bonds is 4. The van der Waals surface area contributed by atoms with Crippen LogP contribution in [0.1, 0.15) is 31.7 Å². The van der Waals surface area contributed by atoms with Gasteiger partial charge in [0, 0.05) is 24.0 Å². The number of unbranched alkanes of at least 4 members (excludes halogenated alkanes) is 1. The number of carbonyl (C=O) groups is 1. The first-order chi connectivity index (χ1) is 8.72. The van der Waals surface area contributed by atoms with E-state index in [1.807, 2.05) is 11.0 Å². The zero-order chi connectivity index (χ0) is 13.0. The first kappa shape index (κ1) is 13.6. The Labute approximate surface area is 117 Å². The van der Waals surface area contributed by atoms with Gasteiger partial charge in [0.05, 0.1) is 0 Å². The van der Waals surface area contributed by atoms with E-state index in [1.165, 1.54) is 5.56 Å². The lowest BCUT2D eigenvalue weighted by Gasteiger charge is -2.33. The molecule has 0 saturated carbocycles. The Morgan fingerprint density at radius 2 is 2.17 bits per heavy atom. The zero-order valence-corrected chi connectivity index (χ0v) is 12.4. The normalized spacial score (nSPS) is 18.6. The second kappa shape index (κ2) is 6.37. The van der Waals surface area contributed by atoms with Gasteiger partial charge >= 0.3 is 0 Å². The molecular formula is C15H20BrNO. The third kappa shape index (κ3) is 3.14. The summed E-state index contributed by atoms with van der Waals surface area (Å²) in [6.07, 6.45) is 3.78. The summed E-state index contributed by atoms with van der Waals surface area (Å²) in [4.78, 5) is 14.3. The average molecular weight is 310 g/mol. The Hall–Kier alpha value is -0.830. The van der Waals surface area contributed by atoms with Crippen molar-refractivity contribution in [3.63, 3.8) is 0 Å². The van der Waals surface area contributed by atoms with E-state index in [4.69, 9.17) is 0 Å². The van der Waals surface area contributed by atoms with Gasteiger partial charge in [-0.1, -0.05) is 41.1 Å². The van der Waals surface area contributed by atoms with Crippen LogP contribution in [0, 0.1) is 5.92 Å². The Bertz CT molecular complexity index is 419. The number of hydrogen-bond acceptors (Lipinski definition) is 1. The van der Waals surface area contributed by atoms with E-state index in [2.05, 4.69) is 41.1 Å². The van der Waals surface area contributed by atoms with Gasteiger partial charge in [0.15, 0.2) is 0 Å². The molecular weight excluding hydrogens is 290 g/mol. The highest BCUT2D eigenvalue weighted by Crippen LogP contribution is 2.30. The van der Waals surface area contributed by atoms with Crippen LogP contribution in [0.3, 0.4) is 0 Å². The zero-order valence-electron chi connectivity index (χ0n) is 10.9. The van der Waals surface area contributed by atoms with Crippen molar-refractivity contribution in [1.82, 2.24) is 0 Å². The first-order valence-electron chi connectivity index (χ1n) is 6.66. The molecule has 18 heavy (non-hydrogen) atoms. The molecule has 0 saturated heterocycles. The van der Waals surface area contributed by atoms with E-state index in [0.29, 0.717) is 12.3 Å². The van der Waals surface area contributed by atoms with Gasteiger partial charge < -0.3 is 4.90 Å². The Morgan fingerprint density at radius 3 is 2.94 bits per heavy atom. The van der Waals surface area contributed by atoms with Crippen LogP contribution in [0.5, 0.6) is 0 Å². The molecule has 0 bridgehead atoms. The van der Waals surface area contributed by atoms with Crippen LogP contribution in [-0.4, -0.2) is 17.8 Å². The molecule has 1 amide bonds. The highest BCUT2D eigenvalue weighted by Gasteiger charge is 2.25. The number of fused-ring (bicyclic) bond motifs is 1. The smallest absolute Gasteiger partial charge is 0.226 e. The molecule has 1 aromatic carbocycles. The molecule has 1 heterocycles. The minimum absolute atomic E-state index is 0.273. The van der Waals surface area contributed by atoms with Crippen molar-refractivity contribution >= 4 is 27.5 Å². The molecule has 1 aliphatic rings. The number of nitrogens with zero attached hydrogens (tertiary/aromatic N) is 1. The van der Waals surface area contributed by atoms with Crippen LogP contribution in [0.4, 0.5) is 5.69 Å². The lowest BCUT2D eigenvalue weighted by atomic mass is 9.93. The van der Waals surface area contributed by atoms with E-state index in [1.54, 1.807) is 0 Å². The summed E-state index contributed by atoms with van der Waals surface area (Å²) < 4.78 is 0. The average Bonchev–Trinajstić information content (AvgIpc) is 2.38. The van der Waals surface area contributed by atoms with Crippen molar-refractivity contribution in [2.75, 3.05) is 16.8 Å². The van der Waals surface area contributed by atoms with Gasteiger partial charge in [-0.3, -0.25) is 4.79 Å². The molecule has 2 rings (SSSR count). The number of benzene rings is 1. The Kier molecular flexibility index (Phi) is 4.81. The summed E-state index contributed by atoms with van der Waals surface area (Å²) in [6, 6.07) is 8.30. The minimum atomic E-state index is 0.273. The molecule has 0 aromatic heterocycles. The fraction of sp³-hybridized carbons (Fsp3) is 0.533. The van der Waals surface area contributed by atoms with Crippen LogP contribution in [-0.2, 0) is 11.2 Å². The summed E-state index contributed by atoms with van der Waals surface area (Å²) in [5.74, 6) is 0.829. The summed E-state index contributed by atoms with van der Waals surface area (Å²) >= 11 is 3.41. The van der Waals surface area contributed by atoms with Gasteiger partial charge in [-0.15, -0.1) is 0 Å². The van der Waals surface area contributed by atoms with Crippen LogP contribution in [0.15, 0.2) is 24.3 Å². The predicted molar refractivity (Wildman–Crippen MR) is 79.3 cm³/mol. The second-order valence-corrected chi connectivity index (χ2v) is 5.88. The molecule has 0 N–H and O–H groups in total. The third-order valence-corrected chi connectivity index (χ3v) is 3.98. The molecule has 98 valence electrons. The molecule has 3 heteroatoms. The second-order valence-electron chi connectivity index (χ2n) is 5.09. The highest BCUT2D eigenvalue weighted by molar-refractivity contribution is 9.09. The molecule has 0 aliphatic carbocycles. The van der Waals surface area contributed by atoms with Crippen LogP contribution >= 0.6 is 15.9 Å². The lowest BCUT2D eigenvalue weighted by molar-refractivity contribution is -0.118. The highest BCUT2D eigenvalue weighted by atomic mass is 79.9. The number of carbonyl (C=O) groups excluding carboxylic acids is 1. The molecule has 0 radical (unpaired) electrons. The van der Waals surface area contributed by atoms with E-state index < -0.39 is 0 Å². The van der Waals surface area contributed by atoms with Crippen molar-refractivity contribution in [1.29, 1.82) is 0 Å². The van der Waals surface area contributed by atoms with Gasteiger partial charge in [0.25, 0.3) is 0 Å². The number of amides is 1. The van der Waals surface area contributed by atoms with Crippen molar-refractivity contribution in [2.45, 2.75) is 32.6 Å². The topological polar surface area (TPSA) is 20.3 Å². The van der Waals surface area contributed by atoms with Crippen LogP contribution in [0.25, 0.3) is 0 Å². The monoisotopic (exact) mass is 309 g/mol. The molecule has 1 aromatic rings. The summed E-state index contributed by atoms with van der Waals surface area (Å²) in [6.45, 7) is 3.08. The fourth-order valence-electron chi connectivity index (χ4n) is 2.54. The van der Waals surface area contributed by atoms with Gasteiger partial charge in [-0.2, -0.15) is 0 Å². The molecule has 0 spiro atoms. The maximum absolute atomic E-state index is 12.3. The number of alkyl halides is 1. The molecule has 2 nitrogen and oxygen atoms in total. The van der Waals surface area contributed by atoms with Crippen molar-refractivity contribution < 1.29 is 4.79 Å². The predicted octanol–water partition coefficient (Wildman–Crippen LogP) is 3.78. The van der Waals surface area contributed by atoms with E-state index in [9.17, 15) is 4.79 Å². The Morgan fingerprint density at radius 1 is 1.39 bits per heavy atom. The molecule has 1 unspecified atom stereocenters. The van der Waals surface area contributed by atoms with E-state index >= 15 is 0 Å². The van der Waals surface area contributed by atoms with Crippen molar-refractivity contribution in [2.24, 2.45) is 5.92 Å². The number of para-hydroxylation sites is 1. The summed E-state index contributed by atoms with van der Waals surface area (Å²) in [5.41, 5.74) is 2.43. The first-order valence-corrected chi connectivity index (χ1v) is 7.78.